The number of amides is 1. The number of carbonyl (C=O) groups is 1. The van der Waals surface area contributed by atoms with E-state index in [9.17, 15) is 26.8 Å². The van der Waals surface area contributed by atoms with Gasteiger partial charge in [0, 0.05) is 37.0 Å². The summed E-state index contributed by atoms with van der Waals surface area (Å²) >= 11 is 0.329. The number of para-hydroxylation sites is 1. The summed E-state index contributed by atoms with van der Waals surface area (Å²) in [6.07, 6.45) is 1.50. The highest BCUT2D eigenvalue weighted by atomic mass is 32.2. The van der Waals surface area contributed by atoms with Crippen LogP contribution in [-0.4, -0.2) is 42.0 Å². The van der Waals surface area contributed by atoms with Gasteiger partial charge in [0.1, 0.15) is 0 Å². The fourth-order valence-electron chi connectivity index (χ4n) is 3.69. The zero-order valence-corrected chi connectivity index (χ0v) is 19.0. The molecule has 0 bridgehead atoms. The third-order valence-corrected chi connectivity index (χ3v) is 7.96. The van der Waals surface area contributed by atoms with Crippen molar-refractivity contribution in [3.05, 3.63) is 53.0 Å². The third kappa shape index (κ3) is 5.12. The van der Waals surface area contributed by atoms with Crippen LogP contribution < -0.4 is 11.1 Å². The number of carbonyl (C=O) groups excluding carboxylic acids is 1. The molecule has 1 amide bonds. The third-order valence-electron chi connectivity index (χ3n) is 5.28. The number of nitrogens with one attached hydrogen (secondary N) is 1. The molecular weight excluding hydrogens is 476 g/mol. The fraction of sp³-hybridized carbons (Fsp3) is 0.333. The number of hydrogen-bond donors (Lipinski definition) is 1. The van der Waals surface area contributed by atoms with Gasteiger partial charge >= 0.3 is 5.76 Å². The second-order valence-corrected chi connectivity index (χ2v) is 10.4. The highest BCUT2D eigenvalue weighted by molar-refractivity contribution is 7.99. The lowest BCUT2D eigenvalue weighted by atomic mass is 10.3. The van der Waals surface area contributed by atoms with Crippen molar-refractivity contribution in [3.63, 3.8) is 0 Å². The van der Waals surface area contributed by atoms with E-state index in [1.54, 1.807) is 12.1 Å². The van der Waals surface area contributed by atoms with Gasteiger partial charge in [-0.3, -0.25) is 9.36 Å². The van der Waals surface area contributed by atoms with Crippen molar-refractivity contribution in [1.29, 1.82) is 0 Å². The van der Waals surface area contributed by atoms with Gasteiger partial charge in [-0.25, -0.2) is 13.2 Å². The van der Waals surface area contributed by atoms with Gasteiger partial charge in [-0.1, -0.05) is 23.9 Å². The Morgan fingerprint density at radius 2 is 1.88 bits per heavy atom. The van der Waals surface area contributed by atoms with Crippen molar-refractivity contribution >= 4 is 44.5 Å². The molecule has 0 unspecified atom stereocenters. The molecule has 0 aliphatic carbocycles. The summed E-state index contributed by atoms with van der Waals surface area (Å²) in [5, 5.41) is 2.58. The molecule has 33 heavy (non-hydrogen) atoms. The van der Waals surface area contributed by atoms with E-state index >= 15 is 0 Å². The van der Waals surface area contributed by atoms with Crippen LogP contribution in [0.15, 0.2) is 61.5 Å². The van der Waals surface area contributed by atoms with Crippen molar-refractivity contribution in [2.45, 2.75) is 41.4 Å². The number of anilines is 1. The molecule has 0 spiro atoms. The van der Waals surface area contributed by atoms with Gasteiger partial charge in [-0.15, -0.1) is 0 Å². The largest absolute Gasteiger partial charge is 0.419 e. The minimum Gasteiger partial charge on any atom is -0.408 e. The monoisotopic (exact) mass is 497 g/mol. The minimum absolute atomic E-state index is 0.0277. The number of thioether (sulfide) groups is 1. The molecule has 1 saturated heterocycles. The van der Waals surface area contributed by atoms with Gasteiger partial charge in [0.05, 0.1) is 16.1 Å². The molecule has 1 aromatic heterocycles. The Morgan fingerprint density at radius 3 is 2.61 bits per heavy atom. The summed E-state index contributed by atoms with van der Waals surface area (Å²) in [5.74, 6) is -3.81. The van der Waals surface area contributed by atoms with Crippen LogP contribution in [0.3, 0.4) is 0 Å². The second kappa shape index (κ2) is 9.65. The molecule has 8 nitrogen and oxygen atoms in total. The second-order valence-electron chi connectivity index (χ2n) is 7.43. The van der Waals surface area contributed by atoms with Crippen LogP contribution in [0.25, 0.3) is 11.1 Å². The van der Waals surface area contributed by atoms with E-state index in [1.807, 2.05) is 0 Å². The molecule has 1 aliphatic heterocycles. The van der Waals surface area contributed by atoms with Crippen molar-refractivity contribution in [1.82, 2.24) is 8.87 Å². The molecule has 0 atom stereocenters. The number of nitrogens with zero attached hydrogens (tertiary/aromatic N) is 2. The predicted octanol–water partition coefficient (Wildman–Crippen LogP) is 3.72. The lowest BCUT2D eigenvalue weighted by Gasteiger charge is -2.15. The summed E-state index contributed by atoms with van der Waals surface area (Å²) in [7, 11) is -3.66. The van der Waals surface area contributed by atoms with E-state index < -0.39 is 27.4 Å². The van der Waals surface area contributed by atoms with Crippen molar-refractivity contribution in [2.24, 2.45) is 0 Å². The van der Waals surface area contributed by atoms with Crippen LogP contribution in [0, 0.1) is 0 Å². The summed E-state index contributed by atoms with van der Waals surface area (Å²) < 4.78 is 58.8. The Kier molecular flexibility index (Phi) is 6.86. The van der Waals surface area contributed by atoms with Crippen LogP contribution in [0.5, 0.6) is 0 Å². The van der Waals surface area contributed by atoms with E-state index in [0.717, 1.165) is 12.8 Å². The first-order valence-electron chi connectivity index (χ1n) is 10.2. The van der Waals surface area contributed by atoms with E-state index in [1.165, 1.54) is 39.2 Å². The average Bonchev–Trinajstić information content (AvgIpc) is 3.41. The smallest absolute Gasteiger partial charge is 0.408 e. The summed E-state index contributed by atoms with van der Waals surface area (Å²) in [4.78, 5) is 25.0. The predicted molar refractivity (Wildman–Crippen MR) is 120 cm³/mol. The van der Waals surface area contributed by atoms with E-state index in [4.69, 9.17) is 4.42 Å². The number of sulfonamides is 1. The van der Waals surface area contributed by atoms with Crippen molar-refractivity contribution in [3.8, 4) is 0 Å². The normalized spacial score (nSPS) is 14.9. The number of fused-ring (bicyclic) bond motifs is 1. The Balaban J connectivity index is 1.49. The van der Waals surface area contributed by atoms with Gasteiger partial charge in [0.15, 0.2) is 5.58 Å². The first-order chi connectivity index (χ1) is 15.8. The van der Waals surface area contributed by atoms with Gasteiger partial charge in [-0.05, 0) is 37.1 Å². The van der Waals surface area contributed by atoms with Crippen molar-refractivity contribution < 1.29 is 26.4 Å². The maximum absolute atomic E-state index is 12.8. The molecule has 4 rings (SSSR count). The summed E-state index contributed by atoms with van der Waals surface area (Å²) in [5.41, 5.74) is 0.732. The highest BCUT2D eigenvalue weighted by Gasteiger charge is 2.28. The lowest BCUT2D eigenvalue weighted by Crippen LogP contribution is -2.27. The van der Waals surface area contributed by atoms with E-state index in [2.05, 4.69) is 5.32 Å². The van der Waals surface area contributed by atoms with Gasteiger partial charge in [-0.2, -0.15) is 13.1 Å². The molecule has 2 aromatic carbocycles. The van der Waals surface area contributed by atoms with Gasteiger partial charge < -0.3 is 9.73 Å². The molecule has 2 heterocycles. The Morgan fingerprint density at radius 1 is 1.15 bits per heavy atom. The molecule has 176 valence electrons. The van der Waals surface area contributed by atoms with Gasteiger partial charge in [0.25, 0.3) is 5.76 Å². The molecule has 1 N–H and O–H groups in total. The summed E-state index contributed by atoms with van der Waals surface area (Å²) in [6, 6.07) is 10.4. The zero-order valence-electron chi connectivity index (χ0n) is 17.4. The van der Waals surface area contributed by atoms with Crippen LogP contribution in [0.1, 0.15) is 19.3 Å². The zero-order chi connectivity index (χ0) is 23.6. The molecule has 3 aromatic rings. The maximum Gasteiger partial charge on any atom is 0.419 e. The van der Waals surface area contributed by atoms with Crippen LogP contribution in [0.2, 0.25) is 0 Å². The standard InChI is InChI=1S/C21H21F2N3O5S2/c22-20(23)32-18-6-2-1-5-15(18)24-19(27)9-12-26-16-8-7-14(13-17(16)31-21(26)28)33(29,30)25-10-3-4-11-25/h1-2,5-8,13,20H,3-4,9-12H2,(H,24,27). The Hall–Kier alpha value is -2.70. The molecule has 1 aliphatic rings. The molecule has 0 radical (unpaired) electrons. The Labute approximate surface area is 192 Å². The molecular formula is C21H21F2N3O5S2. The number of aromatic nitrogens is 1. The first-order valence-corrected chi connectivity index (χ1v) is 12.5. The van der Waals surface area contributed by atoms with E-state index in [-0.39, 0.29) is 34.0 Å². The fourth-order valence-corrected chi connectivity index (χ4v) is 5.82. The quantitative estimate of drug-likeness (QED) is 0.476. The number of aryl methyl sites for hydroxylation is 1. The maximum atomic E-state index is 12.8. The number of hydrogen-bond acceptors (Lipinski definition) is 6. The topological polar surface area (TPSA) is 102 Å². The van der Waals surface area contributed by atoms with E-state index in [0.29, 0.717) is 30.4 Å². The first kappa shape index (κ1) is 23.5. The lowest BCUT2D eigenvalue weighted by molar-refractivity contribution is -0.116. The van der Waals surface area contributed by atoms with Crippen LogP contribution in [0.4, 0.5) is 14.5 Å². The SMILES string of the molecule is O=C(CCn1c(=O)oc2cc(S(=O)(=O)N3CCCC3)ccc21)Nc1ccccc1SC(F)F. The number of halogens is 2. The number of benzene rings is 2. The summed E-state index contributed by atoms with van der Waals surface area (Å²) in [6.45, 7) is 0.888. The highest BCUT2D eigenvalue weighted by Crippen LogP contribution is 2.31. The van der Waals surface area contributed by atoms with Crippen LogP contribution >= 0.6 is 11.8 Å². The molecule has 12 heteroatoms. The van der Waals surface area contributed by atoms with Crippen LogP contribution in [-0.2, 0) is 21.4 Å². The number of alkyl halides is 2. The average molecular weight is 498 g/mol. The molecule has 0 saturated carbocycles. The minimum atomic E-state index is -3.66. The Bertz CT molecular complexity index is 1330. The van der Waals surface area contributed by atoms with Gasteiger partial charge in [0.2, 0.25) is 15.9 Å². The molecule has 1 fully saturated rings. The number of rotatable bonds is 8. The van der Waals surface area contributed by atoms with Crippen molar-refractivity contribution in [2.75, 3.05) is 18.4 Å². The number of oxazole rings is 1.